The van der Waals surface area contributed by atoms with Crippen LogP contribution in [0.4, 0.5) is 24.8 Å². The lowest BCUT2D eigenvalue weighted by Gasteiger charge is -2.13. The molecule has 1 aromatic heterocycles. The first-order chi connectivity index (χ1) is 8.82. The molecular formula is C11H17F3N4O. The van der Waals surface area contributed by atoms with Crippen molar-refractivity contribution < 1.29 is 18.3 Å². The van der Waals surface area contributed by atoms with Crippen LogP contribution in [0.2, 0.25) is 0 Å². The molecule has 3 N–H and O–H groups in total. The van der Waals surface area contributed by atoms with E-state index in [-0.39, 0.29) is 18.2 Å². The largest absolute Gasteiger partial charge is 0.451 e. The van der Waals surface area contributed by atoms with Gasteiger partial charge < -0.3 is 15.7 Å². The van der Waals surface area contributed by atoms with Gasteiger partial charge in [-0.25, -0.2) is 9.97 Å². The number of aliphatic hydroxyl groups is 1. The molecule has 0 saturated carbocycles. The van der Waals surface area contributed by atoms with Crippen molar-refractivity contribution >= 4 is 11.6 Å². The predicted octanol–water partition coefficient (Wildman–Crippen LogP) is 2.11. The second kappa shape index (κ2) is 6.55. The molecule has 1 unspecified atom stereocenters. The molecule has 1 rings (SSSR count). The van der Waals surface area contributed by atoms with E-state index < -0.39 is 18.1 Å². The molecule has 0 aliphatic carbocycles. The zero-order chi connectivity index (χ0) is 14.5. The van der Waals surface area contributed by atoms with Crippen molar-refractivity contribution in [3.05, 3.63) is 11.9 Å². The zero-order valence-corrected chi connectivity index (χ0v) is 10.8. The van der Waals surface area contributed by atoms with Crippen LogP contribution in [0, 0.1) is 0 Å². The molecule has 1 aromatic rings. The van der Waals surface area contributed by atoms with Crippen molar-refractivity contribution in [3.63, 3.8) is 0 Å². The van der Waals surface area contributed by atoms with Crippen molar-refractivity contribution in [1.82, 2.24) is 9.97 Å². The Morgan fingerprint density at radius 2 is 1.84 bits per heavy atom. The van der Waals surface area contributed by atoms with Gasteiger partial charge in [0, 0.05) is 19.2 Å². The summed E-state index contributed by atoms with van der Waals surface area (Å²) >= 11 is 0. The van der Waals surface area contributed by atoms with E-state index in [1.54, 1.807) is 0 Å². The van der Waals surface area contributed by atoms with E-state index in [0.29, 0.717) is 6.54 Å². The number of anilines is 2. The number of alkyl halides is 3. The maximum absolute atomic E-state index is 12.6. The van der Waals surface area contributed by atoms with Gasteiger partial charge in [-0.05, 0) is 13.3 Å². The lowest BCUT2D eigenvalue weighted by atomic mass is 10.4. The average molecular weight is 278 g/mol. The van der Waals surface area contributed by atoms with Crippen LogP contribution in [0.5, 0.6) is 0 Å². The highest BCUT2D eigenvalue weighted by Gasteiger charge is 2.35. The number of hydrogen-bond donors (Lipinski definition) is 3. The summed E-state index contributed by atoms with van der Waals surface area (Å²) in [5, 5.41) is 14.5. The highest BCUT2D eigenvalue weighted by molar-refractivity contribution is 5.47. The minimum Gasteiger partial charge on any atom is -0.392 e. The molecule has 0 spiro atoms. The fourth-order valence-corrected chi connectivity index (χ4v) is 1.26. The molecule has 0 aromatic carbocycles. The fraction of sp³-hybridized carbons (Fsp3) is 0.636. The number of nitrogens with one attached hydrogen (secondary N) is 2. The Labute approximate surface area is 109 Å². The van der Waals surface area contributed by atoms with Gasteiger partial charge in [0.1, 0.15) is 11.6 Å². The topological polar surface area (TPSA) is 70.1 Å². The lowest BCUT2D eigenvalue weighted by molar-refractivity contribution is -0.144. The molecule has 0 saturated heterocycles. The average Bonchev–Trinajstić information content (AvgIpc) is 2.32. The summed E-state index contributed by atoms with van der Waals surface area (Å²) in [4.78, 5) is 6.81. The summed E-state index contributed by atoms with van der Waals surface area (Å²) in [5.74, 6) is -1.07. The molecule has 8 heteroatoms. The van der Waals surface area contributed by atoms with E-state index >= 15 is 0 Å². The fourth-order valence-electron chi connectivity index (χ4n) is 1.26. The SMILES string of the molecule is CCCNc1cc(NCC(C)O)nc(C(F)(F)F)n1. The lowest BCUT2D eigenvalue weighted by Crippen LogP contribution is -2.19. The molecule has 5 nitrogen and oxygen atoms in total. The Hall–Kier alpha value is -1.57. The van der Waals surface area contributed by atoms with Gasteiger partial charge in [-0.2, -0.15) is 13.2 Å². The van der Waals surface area contributed by atoms with E-state index in [2.05, 4.69) is 20.6 Å². The monoisotopic (exact) mass is 278 g/mol. The molecule has 1 heterocycles. The molecule has 0 aliphatic rings. The molecule has 0 amide bonds. The third-order valence-electron chi connectivity index (χ3n) is 2.11. The predicted molar refractivity (Wildman–Crippen MR) is 66.0 cm³/mol. The number of aromatic nitrogens is 2. The molecule has 0 aliphatic heterocycles. The molecule has 1 atom stereocenters. The molecule has 0 fully saturated rings. The number of nitrogens with zero attached hydrogens (tertiary/aromatic N) is 2. The third-order valence-corrected chi connectivity index (χ3v) is 2.11. The van der Waals surface area contributed by atoms with Gasteiger partial charge in [-0.1, -0.05) is 6.92 Å². The molecule has 108 valence electrons. The normalized spacial score (nSPS) is 13.2. The Morgan fingerprint density at radius 1 is 1.26 bits per heavy atom. The van der Waals surface area contributed by atoms with Gasteiger partial charge in [0.15, 0.2) is 0 Å². The van der Waals surface area contributed by atoms with Crippen LogP contribution in [-0.2, 0) is 6.18 Å². The highest BCUT2D eigenvalue weighted by atomic mass is 19.4. The quantitative estimate of drug-likeness (QED) is 0.743. The van der Waals surface area contributed by atoms with Gasteiger partial charge >= 0.3 is 6.18 Å². The van der Waals surface area contributed by atoms with Crippen LogP contribution in [0.25, 0.3) is 0 Å². The second-order valence-electron chi connectivity index (χ2n) is 4.12. The maximum atomic E-state index is 12.6. The first-order valence-electron chi connectivity index (χ1n) is 5.95. The number of aliphatic hydroxyl groups excluding tert-OH is 1. The Kier molecular flexibility index (Phi) is 5.34. The third kappa shape index (κ3) is 5.29. The van der Waals surface area contributed by atoms with Gasteiger partial charge in [0.05, 0.1) is 6.10 Å². The van der Waals surface area contributed by atoms with E-state index in [0.717, 1.165) is 6.42 Å². The summed E-state index contributed by atoms with van der Waals surface area (Å²) in [5.41, 5.74) is 0. The Morgan fingerprint density at radius 3 is 2.32 bits per heavy atom. The summed E-state index contributed by atoms with van der Waals surface area (Å²) in [6, 6.07) is 1.38. The van der Waals surface area contributed by atoms with Gasteiger partial charge in [-0.3, -0.25) is 0 Å². The summed E-state index contributed by atoms with van der Waals surface area (Å²) in [7, 11) is 0. The van der Waals surface area contributed by atoms with Crippen LogP contribution in [-0.4, -0.2) is 34.3 Å². The van der Waals surface area contributed by atoms with E-state index in [9.17, 15) is 13.2 Å². The first-order valence-corrected chi connectivity index (χ1v) is 5.95. The molecule has 19 heavy (non-hydrogen) atoms. The highest BCUT2D eigenvalue weighted by Crippen LogP contribution is 2.28. The van der Waals surface area contributed by atoms with E-state index in [4.69, 9.17) is 5.11 Å². The standard InChI is InChI=1S/C11H17F3N4O/c1-3-4-15-8-5-9(16-6-7(2)19)18-10(17-8)11(12,13)14/h5,7,19H,3-4,6H2,1-2H3,(H2,15,16,17,18). The first kappa shape index (κ1) is 15.5. The van der Waals surface area contributed by atoms with Crippen LogP contribution in [0.15, 0.2) is 6.07 Å². The molecule has 0 radical (unpaired) electrons. The minimum atomic E-state index is -4.61. The van der Waals surface area contributed by atoms with Crippen LogP contribution in [0.1, 0.15) is 26.1 Å². The van der Waals surface area contributed by atoms with E-state index in [1.807, 2.05) is 6.92 Å². The van der Waals surface area contributed by atoms with E-state index in [1.165, 1.54) is 13.0 Å². The van der Waals surface area contributed by atoms with Crippen molar-refractivity contribution in [2.45, 2.75) is 32.5 Å². The zero-order valence-electron chi connectivity index (χ0n) is 10.8. The van der Waals surface area contributed by atoms with Crippen LogP contribution in [0.3, 0.4) is 0 Å². The summed E-state index contributed by atoms with van der Waals surface area (Å²) < 4.78 is 37.9. The number of halogens is 3. The van der Waals surface area contributed by atoms with Crippen molar-refractivity contribution in [3.8, 4) is 0 Å². The number of hydrogen-bond acceptors (Lipinski definition) is 5. The Balaban J connectivity index is 2.95. The molecular weight excluding hydrogens is 261 g/mol. The second-order valence-corrected chi connectivity index (χ2v) is 4.12. The smallest absolute Gasteiger partial charge is 0.392 e. The van der Waals surface area contributed by atoms with Crippen LogP contribution < -0.4 is 10.6 Å². The van der Waals surface area contributed by atoms with Gasteiger partial charge in [0.25, 0.3) is 0 Å². The van der Waals surface area contributed by atoms with Crippen molar-refractivity contribution in [1.29, 1.82) is 0 Å². The van der Waals surface area contributed by atoms with Gasteiger partial charge in [0.2, 0.25) is 5.82 Å². The Bertz CT molecular complexity index is 409. The minimum absolute atomic E-state index is 0.0295. The number of rotatable bonds is 6. The maximum Gasteiger partial charge on any atom is 0.451 e. The summed E-state index contributed by atoms with van der Waals surface area (Å²) in [6.45, 7) is 4.05. The molecule has 0 bridgehead atoms. The van der Waals surface area contributed by atoms with Crippen molar-refractivity contribution in [2.24, 2.45) is 0 Å². The van der Waals surface area contributed by atoms with Gasteiger partial charge in [-0.15, -0.1) is 0 Å². The van der Waals surface area contributed by atoms with Crippen molar-refractivity contribution in [2.75, 3.05) is 23.7 Å². The summed E-state index contributed by atoms with van der Waals surface area (Å²) in [6.07, 6.45) is -4.52. The van der Waals surface area contributed by atoms with Crippen LogP contribution >= 0.6 is 0 Å².